The lowest BCUT2D eigenvalue weighted by molar-refractivity contribution is 0.0992. The van der Waals surface area contributed by atoms with Crippen LogP contribution in [0.3, 0.4) is 0 Å². The van der Waals surface area contributed by atoms with Gasteiger partial charge >= 0.3 is 0 Å². The quantitative estimate of drug-likeness (QED) is 0.347. The van der Waals surface area contributed by atoms with Crippen molar-refractivity contribution in [3.05, 3.63) is 0 Å². The summed E-state index contributed by atoms with van der Waals surface area (Å²) in [5, 5.41) is 6.57. The Kier molecular flexibility index (Phi) is 5.22. The van der Waals surface area contributed by atoms with E-state index in [4.69, 9.17) is 4.74 Å². The van der Waals surface area contributed by atoms with E-state index in [0.717, 1.165) is 25.1 Å². The molecular weight excluding hydrogens is 280 g/mol. The van der Waals surface area contributed by atoms with E-state index in [9.17, 15) is 8.42 Å². The third kappa shape index (κ3) is 4.60. The molecule has 2 aliphatic heterocycles. The fourth-order valence-electron chi connectivity index (χ4n) is 2.71. The normalized spacial score (nSPS) is 29.7. The number of ether oxygens (including phenoxy) is 1. The number of aliphatic imine (C=N–C) groups is 1. The van der Waals surface area contributed by atoms with Crippen molar-refractivity contribution in [2.75, 3.05) is 26.4 Å². The van der Waals surface area contributed by atoms with Gasteiger partial charge in [0.25, 0.3) is 0 Å². The van der Waals surface area contributed by atoms with Crippen LogP contribution in [-0.4, -0.2) is 59.0 Å². The molecule has 2 aliphatic rings. The summed E-state index contributed by atoms with van der Waals surface area (Å²) < 4.78 is 30.1. The van der Waals surface area contributed by atoms with E-state index < -0.39 is 10.0 Å². The summed E-state index contributed by atoms with van der Waals surface area (Å²) in [5.41, 5.74) is 0. The number of nitrogens with one attached hydrogen (secondary N) is 3. The maximum Gasteiger partial charge on any atom is 0.208 e. The molecule has 0 radical (unpaired) electrons. The van der Waals surface area contributed by atoms with Gasteiger partial charge in [-0.15, -0.1) is 0 Å². The van der Waals surface area contributed by atoms with Gasteiger partial charge in [-0.05, 0) is 25.7 Å². The fourth-order valence-corrected chi connectivity index (χ4v) is 3.23. The minimum absolute atomic E-state index is 0.311. The lowest BCUT2D eigenvalue weighted by Crippen LogP contribution is -2.47. The van der Waals surface area contributed by atoms with Crippen LogP contribution in [0.25, 0.3) is 0 Å². The van der Waals surface area contributed by atoms with Crippen molar-refractivity contribution in [1.82, 2.24) is 15.4 Å². The molecule has 20 heavy (non-hydrogen) atoms. The average Bonchev–Trinajstić information content (AvgIpc) is 2.97. The van der Waals surface area contributed by atoms with Gasteiger partial charge in [0.1, 0.15) is 0 Å². The van der Waals surface area contributed by atoms with Crippen molar-refractivity contribution >= 4 is 16.0 Å². The molecule has 0 spiro atoms. The highest BCUT2D eigenvalue weighted by molar-refractivity contribution is 7.88. The molecule has 2 heterocycles. The molecule has 0 amide bonds. The van der Waals surface area contributed by atoms with Gasteiger partial charge in [-0.1, -0.05) is 0 Å². The first-order chi connectivity index (χ1) is 9.48. The van der Waals surface area contributed by atoms with Gasteiger partial charge in [0, 0.05) is 20.1 Å². The second kappa shape index (κ2) is 6.73. The number of fused-ring (bicyclic) bond motifs is 2. The first-order valence-corrected chi connectivity index (χ1v) is 8.94. The van der Waals surface area contributed by atoms with E-state index >= 15 is 0 Å². The standard InChI is InChI=1S/C12H24N4O3S/c1-13-12(14-6-3-7-15-20(2,17)18)16-10-8-9-4-5-11(10)19-9/h9-11,15H,3-8H2,1-2H3,(H2,13,14,16). The Hall–Kier alpha value is -0.860. The molecule has 2 saturated heterocycles. The van der Waals surface area contributed by atoms with Crippen LogP contribution in [0, 0.1) is 0 Å². The summed E-state index contributed by atoms with van der Waals surface area (Å²) in [6.07, 6.45) is 5.93. The van der Waals surface area contributed by atoms with Crippen molar-refractivity contribution in [3.8, 4) is 0 Å². The molecule has 0 saturated carbocycles. The van der Waals surface area contributed by atoms with E-state index in [-0.39, 0.29) is 0 Å². The van der Waals surface area contributed by atoms with Gasteiger partial charge in [0.15, 0.2) is 5.96 Å². The van der Waals surface area contributed by atoms with Gasteiger partial charge < -0.3 is 15.4 Å². The molecule has 3 atom stereocenters. The zero-order chi connectivity index (χ0) is 14.6. The van der Waals surface area contributed by atoms with Crippen LogP contribution in [0.15, 0.2) is 4.99 Å². The zero-order valence-corrected chi connectivity index (χ0v) is 12.9. The number of guanidine groups is 1. The minimum Gasteiger partial charge on any atom is -0.373 e. The Morgan fingerprint density at radius 3 is 2.70 bits per heavy atom. The highest BCUT2D eigenvalue weighted by Crippen LogP contribution is 2.34. The first kappa shape index (κ1) is 15.5. The second-order valence-electron chi connectivity index (χ2n) is 5.38. The van der Waals surface area contributed by atoms with E-state index in [1.807, 2.05) is 0 Å². The maximum atomic E-state index is 10.9. The second-order valence-corrected chi connectivity index (χ2v) is 7.21. The van der Waals surface area contributed by atoms with Gasteiger partial charge in [-0.3, -0.25) is 4.99 Å². The molecule has 3 unspecified atom stereocenters. The highest BCUT2D eigenvalue weighted by atomic mass is 32.2. The smallest absolute Gasteiger partial charge is 0.208 e. The Morgan fingerprint density at radius 1 is 1.35 bits per heavy atom. The van der Waals surface area contributed by atoms with E-state index in [1.165, 1.54) is 6.42 Å². The van der Waals surface area contributed by atoms with Crippen LogP contribution in [0.2, 0.25) is 0 Å². The predicted octanol–water partition coefficient (Wildman–Crippen LogP) is -0.589. The molecule has 0 aliphatic carbocycles. The Balaban J connectivity index is 1.63. The largest absolute Gasteiger partial charge is 0.373 e. The fraction of sp³-hybridized carbons (Fsp3) is 0.917. The summed E-state index contributed by atoms with van der Waals surface area (Å²) >= 11 is 0. The first-order valence-electron chi connectivity index (χ1n) is 7.05. The Morgan fingerprint density at radius 2 is 2.15 bits per heavy atom. The summed E-state index contributed by atoms with van der Waals surface area (Å²) in [4.78, 5) is 4.18. The van der Waals surface area contributed by atoms with Crippen molar-refractivity contribution in [3.63, 3.8) is 0 Å². The Bertz CT molecular complexity index is 452. The monoisotopic (exact) mass is 304 g/mol. The molecule has 0 aromatic carbocycles. The van der Waals surface area contributed by atoms with Crippen LogP contribution in [0.4, 0.5) is 0 Å². The van der Waals surface area contributed by atoms with E-state index in [0.29, 0.717) is 37.8 Å². The van der Waals surface area contributed by atoms with Gasteiger partial charge in [0.2, 0.25) is 10.0 Å². The summed E-state index contributed by atoms with van der Waals surface area (Å²) in [6, 6.07) is 0.342. The van der Waals surface area contributed by atoms with Gasteiger partial charge in [-0.25, -0.2) is 13.1 Å². The lowest BCUT2D eigenvalue weighted by atomic mass is 9.96. The zero-order valence-electron chi connectivity index (χ0n) is 12.1. The number of rotatable bonds is 6. The highest BCUT2D eigenvalue weighted by Gasteiger charge is 2.40. The van der Waals surface area contributed by atoms with Gasteiger partial charge in [0.05, 0.1) is 24.5 Å². The molecular formula is C12H24N4O3S. The van der Waals surface area contributed by atoms with E-state index in [1.54, 1.807) is 7.05 Å². The van der Waals surface area contributed by atoms with Crippen LogP contribution >= 0.6 is 0 Å². The van der Waals surface area contributed by atoms with Crippen LogP contribution in [0.1, 0.15) is 25.7 Å². The lowest BCUT2D eigenvalue weighted by Gasteiger charge is -2.22. The Labute approximate surface area is 120 Å². The van der Waals surface area contributed by atoms with Gasteiger partial charge in [-0.2, -0.15) is 0 Å². The predicted molar refractivity (Wildman–Crippen MR) is 78.3 cm³/mol. The molecule has 2 fully saturated rings. The molecule has 2 rings (SSSR count). The average molecular weight is 304 g/mol. The number of hydrogen-bond acceptors (Lipinski definition) is 4. The summed E-state index contributed by atoms with van der Waals surface area (Å²) in [5.74, 6) is 0.755. The number of sulfonamides is 1. The summed E-state index contributed by atoms with van der Waals surface area (Å²) in [6.45, 7) is 1.10. The number of nitrogens with zero attached hydrogens (tertiary/aromatic N) is 1. The topological polar surface area (TPSA) is 91.8 Å². The van der Waals surface area contributed by atoms with Crippen molar-refractivity contribution in [2.24, 2.45) is 4.99 Å². The summed E-state index contributed by atoms with van der Waals surface area (Å²) in [7, 11) is -1.36. The molecule has 3 N–H and O–H groups in total. The molecule has 2 bridgehead atoms. The molecule has 0 aromatic rings. The van der Waals surface area contributed by atoms with Crippen LogP contribution < -0.4 is 15.4 Å². The van der Waals surface area contributed by atoms with E-state index in [2.05, 4.69) is 20.3 Å². The molecule has 0 aromatic heterocycles. The van der Waals surface area contributed by atoms with Crippen molar-refractivity contribution in [2.45, 2.75) is 43.9 Å². The van der Waals surface area contributed by atoms with Crippen molar-refractivity contribution in [1.29, 1.82) is 0 Å². The van der Waals surface area contributed by atoms with Crippen LogP contribution in [-0.2, 0) is 14.8 Å². The molecule has 8 heteroatoms. The van der Waals surface area contributed by atoms with Crippen molar-refractivity contribution < 1.29 is 13.2 Å². The number of hydrogen-bond donors (Lipinski definition) is 3. The molecule has 7 nitrogen and oxygen atoms in total. The SMILES string of the molecule is CN=C(NCCCNS(C)(=O)=O)NC1CC2CCC1O2. The van der Waals surface area contributed by atoms with Crippen LogP contribution in [0.5, 0.6) is 0 Å². The third-order valence-electron chi connectivity index (χ3n) is 3.66. The third-order valence-corrected chi connectivity index (χ3v) is 4.39. The maximum absolute atomic E-state index is 10.9. The molecule has 116 valence electrons. The minimum atomic E-state index is -3.10.